The number of aromatic nitrogens is 3. The van der Waals surface area contributed by atoms with Crippen molar-refractivity contribution in [2.24, 2.45) is 0 Å². The number of amides is 1. The summed E-state index contributed by atoms with van der Waals surface area (Å²) in [5.41, 5.74) is 0.139. The lowest BCUT2D eigenvalue weighted by Gasteiger charge is -2.22. The van der Waals surface area contributed by atoms with E-state index in [-0.39, 0.29) is 23.5 Å². The van der Waals surface area contributed by atoms with Gasteiger partial charge in [0, 0.05) is 12.5 Å². The summed E-state index contributed by atoms with van der Waals surface area (Å²) in [7, 11) is 0. The largest absolute Gasteiger partial charge is 0.379 e. The number of nitrogens with one attached hydrogen (secondary N) is 1. The molecule has 0 spiro atoms. The van der Waals surface area contributed by atoms with Crippen LogP contribution in [0.5, 0.6) is 0 Å². The maximum Gasteiger partial charge on any atom is 0.291 e. The van der Waals surface area contributed by atoms with Crippen LogP contribution in [0.15, 0.2) is 24.3 Å². The van der Waals surface area contributed by atoms with E-state index in [0.29, 0.717) is 24.7 Å². The van der Waals surface area contributed by atoms with Crippen LogP contribution in [0.25, 0.3) is 5.69 Å². The van der Waals surface area contributed by atoms with Gasteiger partial charge >= 0.3 is 0 Å². The van der Waals surface area contributed by atoms with Crippen LogP contribution in [-0.4, -0.2) is 39.4 Å². The first-order valence-corrected chi connectivity index (χ1v) is 8.01. The molecule has 3 rings (SSSR count). The van der Waals surface area contributed by atoms with Crippen molar-refractivity contribution in [1.82, 2.24) is 20.1 Å². The summed E-state index contributed by atoms with van der Waals surface area (Å²) in [5.74, 6) is 0.0155. The van der Waals surface area contributed by atoms with Crippen LogP contribution in [0.1, 0.15) is 49.6 Å². The molecule has 24 heavy (non-hydrogen) atoms. The zero-order valence-corrected chi connectivity index (χ0v) is 14.0. The summed E-state index contributed by atoms with van der Waals surface area (Å²) in [5, 5.41) is 7.24. The van der Waals surface area contributed by atoms with E-state index in [0.717, 1.165) is 6.42 Å². The van der Waals surface area contributed by atoms with Gasteiger partial charge in [0.25, 0.3) is 5.91 Å². The molecule has 1 saturated heterocycles. The predicted octanol–water partition coefficient (Wildman–Crippen LogP) is 2.44. The van der Waals surface area contributed by atoms with Crippen LogP contribution in [0.2, 0.25) is 0 Å². The smallest absolute Gasteiger partial charge is 0.291 e. The molecule has 128 valence electrons. The molecule has 1 aliphatic heterocycles. The summed E-state index contributed by atoms with van der Waals surface area (Å²) in [6.45, 7) is 6.94. The Bertz CT molecular complexity index is 751. The Balaban J connectivity index is 1.92. The molecule has 7 heteroatoms. The lowest BCUT2D eigenvalue weighted by atomic mass is 10.0. The molecule has 1 amide bonds. The molecule has 1 unspecified atom stereocenters. The van der Waals surface area contributed by atoms with Crippen molar-refractivity contribution < 1.29 is 13.9 Å². The van der Waals surface area contributed by atoms with Gasteiger partial charge in [0.05, 0.1) is 17.8 Å². The Morgan fingerprint density at radius 3 is 2.88 bits per heavy atom. The lowest BCUT2D eigenvalue weighted by molar-refractivity contribution is 0.0879. The monoisotopic (exact) mass is 332 g/mol. The van der Waals surface area contributed by atoms with Crippen LogP contribution in [0.4, 0.5) is 4.39 Å². The maximum absolute atomic E-state index is 13.5. The zero-order chi connectivity index (χ0) is 17.3. The Hall–Kier alpha value is -2.28. The van der Waals surface area contributed by atoms with Gasteiger partial charge in [-0.15, -0.1) is 5.10 Å². The number of hydrogen-bond donors (Lipinski definition) is 1. The maximum atomic E-state index is 13.5. The molecule has 1 atom stereocenters. The fraction of sp³-hybridized carbons (Fsp3) is 0.471. The van der Waals surface area contributed by atoms with Crippen LogP contribution < -0.4 is 5.32 Å². The van der Waals surface area contributed by atoms with E-state index in [9.17, 15) is 9.18 Å². The molecular weight excluding hydrogens is 311 g/mol. The average Bonchev–Trinajstić information content (AvgIpc) is 3.14. The number of carbonyl (C=O) groups excluding carboxylic acids is 1. The minimum Gasteiger partial charge on any atom is -0.379 e. The van der Waals surface area contributed by atoms with E-state index < -0.39 is 5.54 Å². The molecule has 1 aromatic heterocycles. The summed E-state index contributed by atoms with van der Waals surface area (Å²) in [6.07, 6.45) is 0.750. The number of rotatable bonds is 4. The van der Waals surface area contributed by atoms with Crippen LogP contribution >= 0.6 is 0 Å². The molecule has 1 fully saturated rings. The van der Waals surface area contributed by atoms with Gasteiger partial charge in [0.1, 0.15) is 11.6 Å². The SMILES string of the molecule is CC(C)c1nc(C(=O)NC2(C)CCOC2)nn1-c1cccc(F)c1. The second kappa shape index (κ2) is 6.32. The Morgan fingerprint density at radius 1 is 1.46 bits per heavy atom. The molecule has 1 aliphatic rings. The highest BCUT2D eigenvalue weighted by Crippen LogP contribution is 2.20. The van der Waals surface area contributed by atoms with Crippen molar-refractivity contribution in [2.45, 2.75) is 38.6 Å². The van der Waals surface area contributed by atoms with Crippen molar-refractivity contribution in [1.29, 1.82) is 0 Å². The van der Waals surface area contributed by atoms with Gasteiger partial charge in [0.15, 0.2) is 0 Å². The summed E-state index contributed by atoms with van der Waals surface area (Å²) < 4.78 is 20.4. The molecule has 1 N–H and O–H groups in total. The summed E-state index contributed by atoms with van der Waals surface area (Å²) >= 11 is 0. The Morgan fingerprint density at radius 2 is 2.25 bits per heavy atom. The van der Waals surface area contributed by atoms with Crippen molar-refractivity contribution in [2.75, 3.05) is 13.2 Å². The van der Waals surface area contributed by atoms with Gasteiger partial charge < -0.3 is 10.1 Å². The molecule has 6 nitrogen and oxygen atoms in total. The van der Waals surface area contributed by atoms with Gasteiger partial charge in [-0.05, 0) is 31.5 Å². The number of carbonyl (C=O) groups is 1. The number of ether oxygens (including phenoxy) is 1. The van der Waals surface area contributed by atoms with E-state index >= 15 is 0 Å². The topological polar surface area (TPSA) is 69.0 Å². The minimum absolute atomic E-state index is 0.0349. The van der Waals surface area contributed by atoms with Crippen LogP contribution in [0, 0.1) is 5.82 Å². The second-order valence-corrected chi connectivity index (χ2v) is 6.66. The first-order chi connectivity index (χ1) is 11.4. The minimum atomic E-state index is -0.403. The first kappa shape index (κ1) is 16.6. The normalized spacial score (nSPS) is 20.5. The molecule has 0 aliphatic carbocycles. The van der Waals surface area contributed by atoms with E-state index in [4.69, 9.17) is 4.74 Å². The fourth-order valence-corrected chi connectivity index (χ4v) is 2.69. The van der Waals surface area contributed by atoms with Gasteiger partial charge in [-0.3, -0.25) is 4.79 Å². The molecule has 1 aromatic carbocycles. The van der Waals surface area contributed by atoms with Crippen LogP contribution in [-0.2, 0) is 4.74 Å². The predicted molar refractivity (Wildman–Crippen MR) is 86.7 cm³/mol. The molecule has 0 radical (unpaired) electrons. The number of nitrogens with zero attached hydrogens (tertiary/aromatic N) is 3. The van der Waals surface area contributed by atoms with Crippen molar-refractivity contribution >= 4 is 5.91 Å². The van der Waals surface area contributed by atoms with Gasteiger partial charge in [-0.1, -0.05) is 19.9 Å². The van der Waals surface area contributed by atoms with E-state index in [1.165, 1.54) is 16.8 Å². The highest BCUT2D eigenvalue weighted by molar-refractivity contribution is 5.91. The zero-order valence-electron chi connectivity index (χ0n) is 14.0. The Kier molecular flexibility index (Phi) is 4.36. The highest BCUT2D eigenvalue weighted by Gasteiger charge is 2.33. The summed E-state index contributed by atoms with van der Waals surface area (Å²) in [4.78, 5) is 16.9. The third-order valence-electron chi connectivity index (χ3n) is 4.04. The van der Waals surface area contributed by atoms with E-state index in [1.54, 1.807) is 12.1 Å². The van der Waals surface area contributed by atoms with Crippen LogP contribution in [0.3, 0.4) is 0 Å². The standard InChI is InChI=1S/C17H21FN4O2/c1-11(2)15-19-14(16(23)20-17(3)7-8-24-10-17)21-22(15)13-6-4-5-12(18)9-13/h4-6,9,11H,7-8,10H2,1-3H3,(H,20,23). The van der Waals surface area contributed by atoms with Crippen molar-refractivity contribution in [3.8, 4) is 5.69 Å². The van der Waals surface area contributed by atoms with Crippen molar-refractivity contribution in [3.05, 3.63) is 41.7 Å². The van der Waals surface area contributed by atoms with Gasteiger partial charge in [0.2, 0.25) is 5.82 Å². The number of benzene rings is 1. The van der Waals surface area contributed by atoms with E-state index in [2.05, 4.69) is 15.4 Å². The molecule has 0 bridgehead atoms. The average molecular weight is 332 g/mol. The third kappa shape index (κ3) is 3.31. The quantitative estimate of drug-likeness (QED) is 0.934. The molecule has 0 saturated carbocycles. The third-order valence-corrected chi connectivity index (χ3v) is 4.04. The summed E-state index contributed by atoms with van der Waals surface area (Å²) in [6, 6.07) is 6.07. The molecule has 2 aromatic rings. The van der Waals surface area contributed by atoms with Gasteiger partial charge in [-0.2, -0.15) is 0 Å². The van der Waals surface area contributed by atoms with E-state index in [1.807, 2.05) is 20.8 Å². The first-order valence-electron chi connectivity index (χ1n) is 8.01. The number of hydrogen-bond acceptors (Lipinski definition) is 4. The molecule has 2 heterocycles. The van der Waals surface area contributed by atoms with Gasteiger partial charge in [-0.25, -0.2) is 14.1 Å². The lowest BCUT2D eigenvalue weighted by Crippen LogP contribution is -2.46. The molecular formula is C17H21FN4O2. The highest BCUT2D eigenvalue weighted by atomic mass is 19.1. The Labute approximate surface area is 140 Å². The van der Waals surface area contributed by atoms with Crippen molar-refractivity contribution in [3.63, 3.8) is 0 Å². The second-order valence-electron chi connectivity index (χ2n) is 6.66. The number of halogens is 1. The fourth-order valence-electron chi connectivity index (χ4n) is 2.69.